The van der Waals surface area contributed by atoms with Crippen molar-refractivity contribution in [2.24, 2.45) is 5.73 Å². The molecule has 1 aromatic carbocycles. The minimum absolute atomic E-state index is 0.246. The quantitative estimate of drug-likeness (QED) is 0.883. The molecule has 2 aliphatic rings. The summed E-state index contributed by atoms with van der Waals surface area (Å²) >= 11 is 0. The third-order valence-corrected chi connectivity index (χ3v) is 4.39. The Morgan fingerprint density at radius 2 is 1.72 bits per heavy atom. The summed E-state index contributed by atoms with van der Waals surface area (Å²) in [4.78, 5) is 5.00. The molecule has 98 valence electrons. The van der Waals surface area contributed by atoms with Crippen molar-refractivity contribution in [1.82, 2.24) is 9.80 Å². The van der Waals surface area contributed by atoms with Crippen LogP contribution >= 0.6 is 0 Å². The van der Waals surface area contributed by atoms with Crippen molar-refractivity contribution in [3.8, 4) is 0 Å². The molecule has 2 fully saturated rings. The fraction of sp³-hybridized carbons (Fsp3) is 0.600. The summed E-state index contributed by atoms with van der Waals surface area (Å²) in [5.41, 5.74) is 7.72. The molecular weight excluding hydrogens is 222 g/mol. The van der Waals surface area contributed by atoms with Gasteiger partial charge in [0.1, 0.15) is 0 Å². The first-order chi connectivity index (χ1) is 8.79. The van der Waals surface area contributed by atoms with Crippen molar-refractivity contribution >= 4 is 0 Å². The lowest BCUT2D eigenvalue weighted by atomic mass is 9.98. The van der Waals surface area contributed by atoms with Crippen LogP contribution in [0.1, 0.15) is 31.2 Å². The molecular formula is C15H23N3. The molecule has 0 amide bonds. The maximum absolute atomic E-state index is 6.70. The summed E-state index contributed by atoms with van der Waals surface area (Å²) < 4.78 is 0. The van der Waals surface area contributed by atoms with E-state index in [1.807, 2.05) is 0 Å². The Morgan fingerprint density at radius 1 is 1.00 bits per heavy atom. The van der Waals surface area contributed by atoms with E-state index in [4.69, 9.17) is 5.73 Å². The molecule has 3 rings (SSSR count). The van der Waals surface area contributed by atoms with E-state index in [1.165, 1.54) is 37.9 Å². The number of benzene rings is 1. The molecule has 2 heterocycles. The van der Waals surface area contributed by atoms with Gasteiger partial charge in [0.25, 0.3) is 0 Å². The molecule has 1 aromatic rings. The predicted molar refractivity (Wildman–Crippen MR) is 73.9 cm³/mol. The molecule has 0 radical (unpaired) electrons. The molecule has 0 saturated carbocycles. The molecule has 18 heavy (non-hydrogen) atoms. The van der Waals surface area contributed by atoms with E-state index in [1.54, 1.807) is 0 Å². The summed E-state index contributed by atoms with van der Waals surface area (Å²) in [6.07, 6.45) is 4.97. The Labute approximate surface area is 110 Å². The molecule has 1 atom stereocenters. The van der Waals surface area contributed by atoms with E-state index < -0.39 is 0 Å². The highest BCUT2D eigenvalue weighted by molar-refractivity contribution is 5.24. The van der Waals surface area contributed by atoms with Crippen LogP contribution in [0.2, 0.25) is 0 Å². The molecule has 0 aliphatic carbocycles. The normalized spacial score (nSPS) is 30.1. The van der Waals surface area contributed by atoms with E-state index in [0.717, 1.165) is 19.6 Å². The molecule has 2 N–H and O–H groups in total. The first-order valence-electron chi connectivity index (χ1n) is 7.11. The van der Waals surface area contributed by atoms with Crippen LogP contribution in [0.3, 0.4) is 0 Å². The maximum Gasteiger partial charge on any atom is 0.0960 e. The van der Waals surface area contributed by atoms with Gasteiger partial charge in [0, 0.05) is 6.54 Å². The van der Waals surface area contributed by atoms with Gasteiger partial charge >= 0.3 is 0 Å². The summed E-state index contributed by atoms with van der Waals surface area (Å²) in [5, 5.41) is 0. The smallest absolute Gasteiger partial charge is 0.0960 e. The molecule has 0 bridgehead atoms. The van der Waals surface area contributed by atoms with Crippen molar-refractivity contribution in [2.75, 3.05) is 26.3 Å². The first-order valence-corrected chi connectivity index (χ1v) is 7.11. The summed E-state index contributed by atoms with van der Waals surface area (Å²) in [6.45, 7) is 4.63. The van der Waals surface area contributed by atoms with Crippen LogP contribution in [0.5, 0.6) is 0 Å². The summed E-state index contributed by atoms with van der Waals surface area (Å²) in [6, 6.07) is 10.6. The standard InChI is InChI=1S/C15H23N3/c16-15(14-7-2-1-3-8-14)9-6-12-18(15)13-17-10-4-5-11-17/h1-3,7-8H,4-6,9-13,16H2. The second-order valence-corrected chi connectivity index (χ2v) is 5.62. The third-order valence-electron chi connectivity index (χ3n) is 4.39. The van der Waals surface area contributed by atoms with Crippen LogP contribution in [0.25, 0.3) is 0 Å². The highest BCUT2D eigenvalue weighted by atomic mass is 15.4. The Morgan fingerprint density at radius 3 is 2.44 bits per heavy atom. The SMILES string of the molecule is NC1(c2ccccc2)CCCN1CN1CCCC1. The van der Waals surface area contributed by atoms with Crippen LogP contribution in [0.4, 0.5) is 0 Å². The molecule has 3 heteroatoms. The van der Waals surface area contributed by atoms with Crippen molar-refractivity contribution in [2.45, 2.75) is 31.3 Å². The zero-order valence-corrected chi connectivity index (χ0v) is 11.0. The molecule has 0 aromatic heterocycles. The molecule has 2 aliphatic heterocycles. The maximum atomic E-state index is 6.70. The number of likely N-dealkylation sites (tertiary alicyclic amines) is 2. The minimum atomic E-state index is -0.246. The predicted octanol–water partition coefficient (Wildman–Crippen LogP) is 1.95. The lowest BCUT2D eigenvalue weighted by Crippen LogP contribution is -2.52. The van der Waals surface area contributed by atoms with Crippen LogP contribution in [-0.4, -0.2) is 36.1 Å². The lowest BCUT2D eigenvalue weighted by molar-refractivity contribution is 0.0737. The van der Waals surface area contributed by atoms with Gasteiger partial charge in [0.15, 0.2) is 0 Å². The van der Waals surface area contributed by atoms with Gasteiger partial charge in [-0.15, -0.1) is 0 Å². The Balaban J connectivity index is 1.77. The molecule has 1 unspecified atom stereocenters. The summed E-state index contributed by atoms with van der Waals surface area (Å²) in [7, 11) is 0. The number of hydrogen-bond acceptors (Lipinski definition) is 3. The average molecular weight is 245 g/mol. The number of nitrogens with two attached hydrogens (primary N) is 1. The lowest BCUT2D eigenvalue weighted by Gasteiger charge is -2.37. The van der Waals surface area contributed by atoms with E-state index in [9.17, 15) is 0 Å². The van der Waals surface area contributed by atoms with Crippen molar-refractivity contribution in [3.05, 3.63) is 35.9 Å². The number of hydrogen-bond donors (Lipinski definition) is 1. The van der Waals surface area contributed by atoms with E-state index in [2.05, 4.69) is 40.1 Å². The Kier molecular flexibility index (Phi) is 3.37. The van der Waals surface area contributed by atoms with Crippen molar-refractivity contribution in [3.63, 3.8) is 0 Å². The van der Waals surface area contributed by atoms with E-state index in [-0.39, 0.29) is 5.66 Å². The molecule has 3 nitrogen and oxygen atoms in total. The topological polar surface area (TPSA) is 32.5 Å². The zero-order chi connectivity index (χ0) is 12.4. The number of nitrogens with zero attached hydrogens (tertiary/aromatic N) is 2. The summed E-state index contributed by atoms with van der Waals surface area (Å²) in [5.74, 6) is 0. The monoisotopic (exact) mass is 245 g/mol. The van der Waals surface area contributed by atoms with Gasteiger partial charge in [0.2, 0.25) is 0 Å². The van der Waals surface area contributed by atoms with E-state index in [0.29, 0.717) is 0 Å². The highest BCUT2D eigenvalue weighted by Gasteiger charge is 2.39. The van der Waals surface area contributed by atoms with Gasteiger partial charge in [-0.3, -0.25) is 9.80 Å². The van der Waals surface area contributed by atoms with Crippen LogP contribution in [0.15, 0.2) is 30.3 Å². The van der Waals surface area contributed by atoms with Crippen LogP contribution in [-0.2, 0) is 5.66 Å². The third kappa shape index (κ3) is 2.18. The molecule has 0 spiro atoms. The average Bonchev–Trinajstić information content (AvgIpc) is 3.03. The minimum Gasteiger partial charge on any atom is -0.309 e. The fourth-order valence-electron chi connectivity index (χ4n) is 3.31. The number of rotatable bonds is 3. The van der Waals surface area contributed by atoms with Gasteiger partial charge in [-0.05, 0) is 44.3 Å². The zero-order valence-electron chi connectivity index (χ0n) is 11.0. The Bertz CT molecular complexity index is 386. The van der Waals surface area contributed by atoms with Gasteiger partial charge < -0.3 is 5.73 Å². The first kappa shape index (κ1) is 12.2. The fourth-order valence-corrected chi connectivity index (χ4v) is 3.31. The van der Waals surface area contributed by atoms with Gasteiger partial charge in [-0.1, -0.05) is 30.3 Å². The van der Waals surface area contributed by atoms with Crippen LogP contribution in [0, 0.1) is 0 Å². The largest absolute Gasteiger partial charge is 0.309 e. The Hall–Kier alpha value is -0.900. The second kappa shape index (κ2) is 5.00. The van der Waals surface area contributed by atoms with Gasteiger partial charge in [0.05, 0.1) is 12.3 Å². The van der Waals surface area contributed by atoms with Gasteiger partial charge in [-0.25, -0.2) is 0 Å². The van der Waals surface area contributed by atoms with Crippen LogP contribution < -0.4 is 5.73 Å². The van der Waals surface area contributed by atoms with Crippen molar-refractivity contribution < 1.29 is 0 Å². The molecule has 2 saturated heterocycles. The second-order valence-electron chi connectivity index (χ2n) is 5.62. The highest BCUT2D eigenvalue weighted by Crippen LogP contribution is 2.34. The van der Waals surface area contributed by atoms with E-state index >= 15 is 0 Å². The van der Waals surface area contributed by atoms with Crippen molar-refractivity contribution in [1.29, 1.82) is 0 Å². The van der Waals surface area contributed by atoms with Gasteiger partial charge in [-0.2, -0.15) is 0 Å².